The van der Waals surface area contributed by atoms with E-state index in [-0.39, 0.29) is 5.54 Å². The van der Waals surface area contributed by atoms with Gasteiger partial charge in [-0.05, 0) is 42.3 Å². The van der Waals surface area contributed by atoms with Crippen LogP contribution in [0.4, 0.5) is 5.69 Å². The summed E-state index contributed by atoms with van der Waals surface area (Å²) >= 11 is 0. The topological polar surface area (TPSA) is 78.9 Å². The van der Waals surface area contributed by atoms with Crippen LogP contribution in [0.25, 0.3) is 11.4 Å². The van der Waals surface area contributed by atoms with Crippen molar-refractivity contribution in [2.45, 2.75) is 25.3 Å². The first-order valence-corrected chi connectivity index (χ1v) is 6.42. The van der Waals surface area contributed by atoms with Crippen LogP contribution in [0.5, 0.6) is 0 Å². The maximum atomic E-state index is 6.01. The Balaban J connectivity index is 2.06. The molecule has 1 aromatic carbocycles. The van der Waals surface area contributed by atoms with Gasteiger partial charge in [0.15, 0.2) is 5.82 Å². The van der Waals surface area contributed by atoms with Gasteiger partial charge in [-0.2, -0.15) is 0 Å². The second kappa shape index (κ2) is 4.62. The predicted molar refractivity (Wildman–Crippen MR) is 71.4 cm³/mol. The Morgan fingerprint density at radius 3 is 2.95 bits per heavy atom. The Morgan fingerprint density at radius 1 is 1.37 bits per heavy atom. The standard InChI is InChI=1S/C13H17N5O/c1-13(7-4-8-19-9-13)18-12(15-16-17-18)10-5-2-3-6-11(10)14/h2-3,5-6H,4,7-9,14H2,1H3. The molecule has 1 aliphatic rings. The fraction of sp³-hybridized carbons (Fsp3) is 0.462. The fourth-order valence-corrected chi connectivity index (χ4v) is 2.51. The smallest absolute Gasteiger partial charge is 0.184 e. The molecular formula is C13H17N5O. The van der Waals surface area contributed by atoms with Crippen molar-refractivity contribution in [1.29, 1.82) is 0 Å². The molecule has 100 valence electrons. The molecule has 1 aliphatic heterocycles. The van der Waals surface area contributed by atoms with Crippen LogP contribution in [0.2, 0.25) is 0 Å². The van der Waals surface area contributed by atoms with E-state index in [0.29, 0.717) is 18.1 Å². The van der Waals surface area contributed by atoms with E-state index in [4.69, 9.17) is 10.5 Å². The number of hydrogen-bond donors (Lipinski definition) is 1. The molecule has 1 saturated heterocycles. The summed E-state index contributed by atoms with van der Waals surface area (Å²) in [6.07, 6.45) is 2.01. The van der Waals surface area contributed by atoms with Crippen molar-refractivity contribution in [3.63, 3.8) is 0 Å². The third-order valence-corrected chi connectivity index (χ3v) is 3.60. The minimum Gasteiger partial charge on any atom is -0.398 e. The van der Waals surface area contributed by atoms with E-state index in [1.807, 2.05) is 28.9 Å². The van der Waals surface area contributed by atoms with E-state index < -0.39 is 0 Å². The van der Waals surface area contributed by atoms with Crippen LogP contribution in [0.1, 0.15) is 19.8 Å². The maximum Gasteiger partial charge on any atom is 0.184 e. The number of aromatic nitrogens is 4. The summed E-state index contributed by atoms with van der Waals surface area (Å²) in [4.78, 5) is 0. The molecule has 0 aliphatic carbocycles. The lowest BCUT2D eigenvalue weighted by atomic mass is 9.94. The second-order valence-electron chi connectivity index (χ2n) is 5.15. The van der Waals surface area contributed by atoms with Crippen molar-refractivity contribution < 1.29 is 4.74 Å². The lowest BCUT2D eigenvalue weighted by molar-refractivity contribution is 0.00349. The largest absolute Gasteiger partial charge is 0.398 e. The minimum absolute atomic E-state index is 0.209. The highest BCUT2D eigenvalue weighted by Gasteiger charge is 2.33. The molecule has 1 aromatic heterocycles. The molecule has 0 saturated carbocycles. The predicted octanol–water partition coefficient (Wildman–Crippen LogP) is 1.45. The van der Waals surface area contributed by atoms with Crippen LogP contribution >= 0.6 is 0 Å². The molecule has 2 aromatic rings. The number of anilines is 1. The number of hydrogen-bond acceptors (Lipinski definition) is 5. The number of rotatable bonds is 2. The van der Waals surface area contributed by atoms with Crippen LogP contribution in [0, 0.1) is 0 Å². The summed E-state index contributed by atoms with van der Waals surface area (Å²) in [5.74, 6) is 0.700. The van der Waals surface area contributed by atoms with Gasteiger partial charge in [0.25, 0.3) is 0 Å². The summed E-state index contributed by atoms with van der Waals surface area (Å²) in [7, 11) is 0. The number of tetrazole rings is 1. The van der Waals surface area contributed by atoms with Gasteiger partial charge in [-0.15, -0.1) is 5.10 Å². The first-order valence-electron chi connectivity index (χ1n) is 6.42. The van der Waals surface area contributed by atoms with E-state index in [2.05, 4.69) is 22.4 Å². The maximum absolute atomic E-state index is 6.01. The summed E-state index contributed by atoms with van der Waals surface area (Å²) in [5, 5.41) is 12.1. The fourth-order valence-electron chi connectivity index (χ4n) is 2.51. The van der Waals surface area contributed by atoms with Gasteiger partial charge in [0.05, 0.1) is 12.1 Å². The summed E-state index contributed by atoms with van der Waals surface area (Å²) in [6, 6.07) is 7.63. The lowest BCUT2D eigenvalue weighted by Gasteiger charge is -2.33. The number of benzene rings is 1. The third-order valence-electron chi connectivity index (χ3n) is 3.60. The van der Waals surface area contributed by atoms with Gasteiger partial charge in [-0.1, -0.05) is 12.1 Å². The van der Waals surface area contributed by atoms with Crippen molar-refractivity contribution >= 4 is 5.69 Å². The van der Waals surface area contributed by atoms with Crippen molar-refractivity contribution in [3.05, 3.63) is 24.3 Å². The molecule has 6 heteroatoms. The van der Waals surface area contributed by atoms with Crippen molar-refractivity contribution in [3.8, 4) is 11.4 Å². The Hall–Kier alpha value is -1.95. The highest BCUT2D eigenvalue weighted by Crippen LogP contribution is 2.31. The average Bonchev–Trinajstić information content (AvgIpc) is 2.90. The highest BCUT2D eigenvalue weighted by molar-refractivity contribution is 5.71. The van der Waals surface area contributed by atoms with Gasteiger partial charge in [0.1, 0.15) is 0 Å². The molecule has 3 rings (SSSR count). The number of para-hydroxylation sites is 1. The van der Waals surface area contributed by atoms with Gasteiger partial charge < -0.3 is 10.5 Å². The Labute approximate surface area is 111 Å². The molecule has 1 unspecified atom stereocenters. The quantitative estimate of drug-likeness (QED) is 0.826. The van der Waals surface area contributed by atoms with Crippen LogP contribution < -0.4 is 5.73 Å². The second-order valence-corrected chi connectivity index (χ2v) is 5.15. The monoisotopic (exact) mass is 259 g/mol. The molecule has 19 heavy (non-hydrogen) atoms. The first kappa shape index (κ1) is 12.1. The van der Waals surface area contributed by atoms with Crippen LogP contribution in [-0.4, -0.2) is 33.4 Å². The van der Waals surface area contributed by atoms with Gasteiger partial charge in [-0.3, -0.25) is 0 Å². The Kier molecular flexibility index (Phi) is 2.94. The molecule has 1 fully saturated rings. The Bertz CT molecular complexity index is 574. The van der Waals surface area contributed by atoms with Gasteiger partial charge in [0, 0.05) is 17.9 Å². The molecule has 1 atom stereocenters. The SMILES string of the molecule is CC1(n2nnnc2-c2ccccc2N)CCCOC1. The molecule has 2 heterocycles. The summed E-state index contributed by atoms with van der Waals surface area (Å²) < 4.78 is 7.43. The van der Waals surface area contributed by atoms with Gasteiger partial charge >= 0.3 is 0 Å². The van der Waals surface area contributed by atoms with E-state index in [9.17, 15) is 0 Å². The number of nitrogens with zero attached hydrogens (tertiary/aromatic N) is 4. The van der Waals surface area contributed by atoms with E-state index in [1.54, 1.807) is 0 Å². The van der Waals surface area contributed by atoms with E-state index >= 15 is 0 Å². The minimum atomic E-state index is -0.209. The van der Waals surface area contributed by atoms with Crippen molar-refractivity contribution in [2.24, 2.45) is 0 Å². The normalized spacial score (nSPS) is 23.4. The van der Waals surface area contributed by atoms with Crippen LogP contribution in [0.3, 0.4) is 0 Å². The molecule has 0 amide bonds. The first-order chi connectivity index (χ1) is 9.21. The Morgan fingerprint density at radius 2 is 2.21 bits per heavy atom. The number of nitrogen functional groups attached to an aromatic ring is 1. The van der Waals surface area contributed by atoms with Crippen molar-refractivity contribution in [2.75, 3.05) is 18.9 Å². The molecular weight excluding hydrogens is 242 g/mol. The van der Waals surface area contributed by atoms with Crippen LogP contribution in [-0.2, 0) is 10.3 Å². The zero-order chi connectivity index (χ0) is 13.3. The average molecular weight is 259 g/mol. The summed E-state index contributed by atoms with van der Waals surface area (Å²) in [6.45, 7) is 3.55. The molecule has 0 spiro atoms. The number of nitrogens with two attached hydrogens (primary N) is 1. The highest BCUT2D eigenvalue weighted by atomic mass is 16.5. The van der Waals surface area contributed by atoms with Gasteiger partial charge in [0.2, 0.25) is 0 Å². The number of ether oxygens (including phenoxy) is 1. The van der Waals surface area contributed by atoms with E-state index in [1.165, 1.54) is 0 Å². The summed E-state index contributed by atoms with van der Waals surface area (Å²) in [5.41, 5.74) is 7.34. The van der Waals surface area contributed by atoms with E-state index in [0.717, 1.165) is 25.0 Å². The third kappa shape index (κ3) is 2.08. The van der Waals surface area contributed by atoms with Crippen molar-refractivity contribution in [1.82, 2.24) is 20.2 Å². The lowest BCUT2D eigenvalue weighted by Crippen LogP contribution is -2.40. The zero-order valence-electron chi connectivity index (χ0n) is 10.9. The molecule has 0 radical (unpaired) electrons. The van der Waals surface area contributed by atoms with Gasteiger partial charge in [-0.25, -0.2) is 4.68 Å². The molecule has 2 N–H and O–H groups in total. The zero-order valence-corrected chi connectivity index (χ0v) is 10.9. The molecule has 0 bridgehead atoms. The van der Waals surface area contributed by atoms with Crippen LogP contribution in [0.15, 0.2) is 24.3 Å². The molecule has 6 nitrogen and oxygen atoms in total.